The molecule has 0 saturated carbocycles. The van der Waals surface area contributed by atoms with Crippen LogP contribution in [0, 0.1) is 0 Å². The lowest BCUT2D eigenvalue weighted by molar-refractivity contribution is -0.121. The third-order valence-corrected chi connectivity index (χ3v) is 6.24. The van der Waals surface area contributed by atoms with Gasteiger partial charge in [0, 0.05) is 13.2 Å². The van der Waals surface area contributed by atoms with E-state index in [-0.39, 0.29) is 9.90 Å². The highest BCUT2D eigenvalue weighted by atomic mass is 35.5. The average Bonchev–Trinajstić information content (AvgIpc) is 3.15. The molecule has 0 aromatic carbocycles. The summed E-state index contributed by atoms with van der Waals surface area (Å²) < 4.78 is 25.7. The van der Waals surface area contributed by atoms with Crippen molar-refractivity contribution in [1.29, 1.82) is 0 Å². The van der Waals surface area contributed by atoms with Crippen LogP contribution in [-0.4, -0.2) is 43.1 Å². The first kappa shape index (κ1) is 17.5. The second-order valence-electron chi connectivity index (χ2n) is 4.41. The molecule has 0 bridgehead atoms. The first-order chi connectivity index (χ1) is 10.8. The minimum absolute atomic E-state index is 0.0354. The zero-order valence-corrected chi connectivity index (χ0v) is 14.3. The zero-order valence-electron chi connectivity index (χ0n) is 11.9. The van der Waals surface area contributed by atoms with E-state index in [9.17, 15) is 18.0 Å². The number of rotatable bonds is 5. The Hall–Kier alpha value is -1.88. The van der Waals surface area contributed by atoms with E-state index in [0.29, 0.717) is 4.34 Å². The van der Waals surface area contributed by atoms with Crippen LogP contribution in [0.4, 0.5) is 0 Å². The van der Waals surface area contributed by atoms with E-state index in [0.717, 1.165) is 15.6 Å². The van der Waals surface area contributed by atoms with E-state index in [1.807, 2.05) is 0 Å². The number of thiophene rings is 1. The third kappa shape index (κ3) is 4.32. The number of nitrogens with one attached hydrogen (secondary N) is 3. The number of H-pyrrole nitrogens is 1. The first-order valence-corrected chi connectivity index (χ1v) is 8.88. The number of likely N-dealkylation sites (N-methyl/N-ethyl adjacent to an activating group) is 1. The molecule has 2 rings (SSSR count). The molecule has 2 aromatic heterocycles. The average molecular weight is 377 g/mol. The molecule has 3 N–H and O–H groups in total. The van der Waals surface area contributed by atoms with Gasteiger partial charge in [-0.25, -0.2) is 8.42 Å². The molecule has 0 atom stereocenters. The maximum absolute atomic E-state index is 12.2. The molecule has 0 unspecified atom stereocenters. The molecule has 2 heterocycles. The number of halogens is 1. The monoisotopic (exact) mass is 376 g/mol. The predicted molar refractivity (Wildman–Crippen MR) is 85.5 cm³/mol. The van der Waals surface area contributed by atoms with E-state index in [4.69, 9.17) is 11.6 Å². The molecule has 124 valence electrons. The largest absolute Gasteiger partial charge is 0.357 e. The second-order valence-corrected chi connectivity index (χ2v) is 8.39. The molecular formula is C12H13ClN4O4S2. The van der Waals surface area contributed by atoms with Gasteiger partial charge in [-0.3, -0.25) is 20.4 Å². The fourth-order valence-electron chi connectivity index (χ4n) is 1.58. The van der Waals surface area contributed by atoms with Crippen molar-refractivity contribution in [3.05, 3.63) is 40.5 Å². The van der Waals surface area contributed by atoms with Gasteiger partial charge >= 0.3 is 0 Å². The summed E-state index contributed by atoms with van der Waals surface area (Å²) in [5.41, 5.74) is 4.58. The van der Waals surface area contributed by atoms with Crippen LogP contribution in [0.25, 0.3) is 0 Å². The molecule has 0 saturated heterocycles. The Morgan fingerprint density at radius 2 is 2.04 bits per heavy atom. The van der Waals surface area contributed by atoms with Crippen LogP contribution in [-0.2, 0) is 14.8 Å². The zero-order chi connectivity index (χ0) is 17.0. The second kappa shape index (κ2) is 7.13. The van der Waals surface area contributed by atoms with E-state index in [1.54, 1.807) is 12.3 Å². The SMILES string of the molecule is CN(CC(=O)NNC(=O)c1ccc[nH]1)S(=O)(=O)c1ccc(Cl)s1. The Balaban J connectivity index is 1.91. The third-order valence-electron chi connectivity index (χ3n) is 2.74. The number of nitrogens with zero attached hydrogens (tertiary/aromatic N) is 1. The van der Waals surface area contributed by atoms with Gasteiger partial charge in [0.05, 0.1) is 10.9 Å². The summed E-state index contributed by atoms with van der Waals surface area (Å²) in [5.74, 6) is -1.22. The standard InChI is InChI=1S/C12H13ClN4O4S2/c1-17(23(20,21)11-5-4-9(13)22-11)7-10(18)15-16-12(19)8-3-2-6-14-8/h2-6,14H,7H2,1H3,(H,15,18)(H,16,19). The Kier molecular flexibility index (Phi) is 5.42. The minimum Gasteiger partial charge on any atom is -0.357 e. The lowest BCUT2D eigenvalue weighted by Gasteiger charge is -2.15. The van der Waals surface area contributed by atoms with Crippen molar-refractivity contribution < 1.29 is 18.0 Å². The van der Waals surface area contributed by atoms with Crippen molar-refractivity contribution in [3.63, 3.8) is 0 Å². The smallest absolute Gasteiger partial charge is 0.286 e. The number of carbonyl (C=O) groups excluding carboxylic acids is 2. The fourth-order valence-corrected chi connectivity index (χ4v) is 4.40. The van der Waals surface area contributed by atoms with Crippen molar-refractivity contribution in [2.75, 3.05) is 13.6 Å². The lowest BCUT2D eigenvalue weighted by atomic mass is 10.4. The van der Waals surface area contributed by atoms with Crippen molar-refractivity contribution in [1.82, 2.24) is 20.1 Å². The van der Waals surface area contributed by atoms with Gasteiger partial charge in [0.25, 0.3) is 21.8 Å². The Labute approximate surface area is 141 Å². The molecule has 0 aliphatic carbocycles. The van der Waals surface area contributed by atoms with Gasteiger partial charge in [-0.2, -0.15) is 4.31 Å². The van der Waals surface area contributed by atoms with E-state index >= 15 is 0 Å². The van der Waals surface area contributed by atoms with Crippen LogP contribution in [0.1, 0.15) is 10.5 Å². The van der Waals surface area contributed by atoms with Gasteiger partial charge in [-0.1, -0.05) is 11.6 Å². The summed E-state index contributed by atoms with van der Waals surface area (Å²) in [5, 5.41) is 0. The van der Waals surface area contributed by atoms with Gasteiger partial charge in [-0.05, 0) is 24.3 Å². The number of carbonyl (C=O) groups is 2. The van der Waals surface area contributed by atoms with Gasteiger partial charge in [0.1, 0.15) is 9.90 Å². The van der Waals surface area contributed by atoms with Crippen LogP contribution < -0.4 is 10.9 Å². The highest BCUT2D eigenvalue weighted by Crippen LogP contribution is 2.27. The van der Waals surface area contributed by atoms with Crippen LogP contribution in [0.3, 0.4) is 0 Å². The van der Waals surface area contributed by atoms with Crippen molar-refractivity contribution in [2.24, 2.45) is 0 Å². The number of hydrogen-bond acceptors (Lipinski definition) is 5. The number of aromatic nitrogens is 1. The summed E-state index contributed by atoms with van der Waals surface area (Å²) in [6.45, 7) is -0.455. The van der Waals surface area contributed by atoms with Crippen molar-refractivity contribution in [2.45, 2.75) is 4.21 Å². The van der Waals surface area contributed by atoms with E-state index in [2.05, 4.69) is 15.8 Å². The Bertz CT molecular complexity index is 801. The van der Waals surface area contributed by atoms with Crippen LogP contribution >= 0.6 is 22.9 Å². The minimum atomic E-state index is -3.81. The normalized spacial score (nSPS) is 11.4. The molecule has 2 amide bonds. The first-order valence-electron chi connectivity index (χ1n) is 6.25. The summed E-state index contributed by atoms with van der Waals surface area (Å²) >= 11 is 6.61. The summed E-state index contributed by atoms with van der Waals surface area (Å²) in [6.07, 6.45) is 1.56. The Morgan fingerprint density at radius 3 is 2.61 bits per heavy atom. The fraction of sp³-hybridized carbons (Fsp3) is 0.167. The van der Waals surface area contributed by atoms with E-state index in [1.165, 1.54) is 25.2 Å². The number of amides is 2. The number of aromatic amines is 1. The molecule has 23 heavy (non-hydrogen) atoms. The van der Waals surface area contributed by atoms with Gasteiger partial charge in [-0.15, -0.1) is 11.3 Å². The molecule has 11 heteroatoms. The maximum atomic E-state index is 12.2. The molecular weight excluding hydrogens is 364 g/mol. The molecule has 0 aliphatic rings. The molecule has 0 aliphatic heterocycles. The summed E-state index contributed by atoms with van der Waals surface area (Å²) in [6, 6.07) is 5.98. The van der Waals surface area contributed by atoms with Crippen LogP contribution in [0.5, 0.6) is 0 Å². The number of hydrogen-bond donors (Lipinski definition) is 3. The number of hydrazine groups is 1. The van der Waals surface area contributed by atoms with Gasteiger partial charge in [0.15, 0.2) is 0 Å². The predicted octanol–water partition coefficient (Wildman–Crippen LogP) is 0.811. The highest BCUT2D eigenvalue weighted by molar-refractivity contribution is 7.91. The van der Waals surface area contributed by atoms with Crippen molar-refractivity contribution >= 4 is 44.8 Å². The highest BCUT2D eigenvalue weighted by Gasteiger charge is 2.24. The topological polar surface area (TPSA) is 111 Å². The molecule has 8 nitrogen and oxygen atoms in total. The van der Waals surface area contributed by atoms with Gasteiger partial charge in [0.2, 0.25) is 0 Å². The van der Waals surface area contributed by atoms with Crippen LogP contribution in [0.15, 0.2) is 34.7 Å². The molecule has 0 spiro atoms. The van der Waals surface area contributed by atoms with Gasteiger partial charge < -0.3 is 4.98 Å². The quantitative estimate of drug-likeness (QED) is 0.670. The lowest BCUT2D eigenvalue weighted by Crippen LogP contribution is -2.46. The van der Waals surface area contributed by atoms with Crippen molar-refractivity contribution in [3.8, 4) is 0 Å². The van der Waals surface area contributed by atoms with Crippen LogP contribution in [0.2, 0.25) is 4.34 Å². The van der Waals surface area contributed by atoms with E-state index < -0.39 is 28.4 Å². The Morgan fingerprint density at radius 1 is 1.30 bits per heavy atom. The summed E-state index contributed by atoms with van der Waals surface area (Å²) in [7, 11) is -2.55. The summed E-state index contributed by atoms with van der Waals surface area (Å²) in [4.78, 5) is 26.0. The molecule has 0 radical (unpaired) electrons. The maximum Gasteiger partial charge on any atom is 0.286 e. The number of sulfonamides is 1. The molecule has 0 fully saturated rings. The molecule has 2 aromatic rings.